The van der Waals surface area contributed by atoms with E-state index in [0.717, 1.165) is 17.0 Å². The highest BCUT2D eigenvalue weighted by Gasteiger charge is 2.08. The van der Waals surface area contributed by atoms with Gasteiger partial charge in [-0.2, -0.15) is 4.98 Å². The molecule has 0 aliphatic carbocycles. The van der Waals surface area contributed by atoms with Crippen molar-refractivity contribution in [1.82, 2.24) is 15.5 Å². The summed E-state index contributed by atoms with van der Waals surface area (Å²) < 4.78 is 10.7. The second-order valence-corrected chi connectivity index (χ2v) is 5.72. The fourth-order valence-electron chi connectivity index (χ4n) is 2.18. The van der Waals surface area contributed by atoms with Gasteiger partial charge in [0.05, 0.1) is 6.54 Å². The van der Waals surface area contributed by atoms with Crippen LogP contribution in [0, 0.1) is 0 Å². The highest BCUT2D eigenvalue weighted by molar-refractivity contribution is 7.80. The van der Waals surface area contributed by atoms with E-state index >= 15 is 0 Å². The lowest BCUT2D eigenvalue weighted by Gasteiger charge is -2.10. The molecule has 132 valence electrons. The first-order valence-corrected chi connectivity index (χ1v) is 8.42. The minimum Gasteiger partial charge on any atom is -0.489 e. The molecule has 26 heavy (non-hydrogen) atoms. The van der Waals surface area contributed by atoms with Crippen LogP contribution in [0.3, 0.4) is 0 Å². The zero-order valence-corrected chi connectivity index (χ0v) is 14.8. The van der Waals surface area contributed by atoms with E-state index in [1.165, 1.54) is 0 Å². The average Bonchev–Trinajstić information content (AvgIpc) is 3.15. The number of nitrogens with one attached hydrogen (secondary N) is 2. The molecule has 2 aromatic carbocycles. The molecule has 0 amide bonds. The Morgan fingerprint density at radius 1 is 1.19 bits per heavy atom. The molecule has 0 bridgehead atoms. The van der Waals surface area contributed by atoms with Gasteiger partial charge in [-0.05, 0) is 24.4 Å². The summed E-state index contributed by atoms with van der Waals surface area (Å²) in [5.41, 5.74) is 1.72. The molecule has 0 fully saturated rings. The second-order valence-electron chi connectivity index (χ2n) is 5.31. The second kappa shape index (κ2) is 8.77. The summed E-state index contributed by atoms with van der Waals surface area (Å²) in [5, 5.41) is 10.6. The Labute approximate surface area is 156 Å². The summed E-state index contributed by atoms with van der Waals surface area (Å²) in [5.74, 6) is 1.74. The average molecular weight is 366 g/mol. The first-order chi connectivity index (χ1) is 12.7. The number of hydrogen-bond donors (Lipinski definition) is 2. The maximum atomic E-state index is 5.50. The van der Waals surface area contributed by atoms with Gasteiger partial charge in [0.1, 0.15) is 12.4 Å². The molecule has 2 N–H and O–H groups in total. The molecule has 6 nitrogen and oxygen atoms in total. The molecule has 7 heteroatoms. The van der Waals surface area contributed by atoms with E-state index in [1.54, 1.807) is 6.08 Å². The largest absolute Gasteiger partial charge is 0.489 e. The molecule has 0 saturated carbocycles. The fourth-order valence-corrected chi connectivity index (χ4v) is 2.37. The van der Waals surface area contributed by atoms with Gasteiger partial charge in [-0.3, -0.25) is 0 Å². The molecule has 0 radical (unpaired) electrons. The SMILES string of the molecule is C=CCOc1cccc(NC(=S)NCc2nc(-c3ccccc3)no2)c1. The van der Waals surface area contributed by atoms with Crippen LogP contribution < -0.4 is 15.4 Å². The van der Waals surface area contributed by atoms with Gasteiger partial charge in [-0.1, -0.05) is 54.2 Å². The van der Waals surface area contributed by atoms with Gasteiger partial charge in [0.25, 0.3) is 0 Å². The number of thiocarbonyl (C=S) groups is 1. The summed E-state index contributed by atoms with van der Waals surface area (Å²) in [6.07, 6.45) is 1.69. The summed E-state index contributed by atoms with van der Waals surface area (Å²) in [7, 11) is 0. The maximum Gasteiger partial charge on any atom is 0.246 e. The third-order valence-electron chi connectivity index (χ3n) is 3.36. The number of hydrogen-bond acceptors (Lipinski definition) is 5. The first kappa shape index (κ1) is 17.6. The Hall–Kier alpha value is -3.19. The summed E-state index contributed by atoms with van der Waals surface area (Å²) in [4.78, 5) is 4.35. The topological polar surface area (TPSA) is 72.2 Å². The van der Waals surface area contributed by atoms with Gasteiger partial charge in [-0.25, -0.2) is 0 Å². The van der Waals surface area contributed by atoms with Crippen LogP contribution in [0.2, 0.25) is 0 Å². The smallest absolute Gasteiger partial charge is 0.246 e. The first-order valence-electron chi connectivity index (χ1n) is 8.01. The number of rotatable bonds is 7. The van der Waals surface area contributed by atoms with Gasteiger partial charge in [-0.15, -0.1) is 0 Å². The van der Waals surface area contributed by atoms with Crippen molar-refractivity contribution in [2.75, 3.05) is 11.9 Å². The third kappa shape index (κ3) is 4.90. The molecule has 3 aromatic rings. The van der Waals surface area contributed by atoms with Crippen molar-refractivity contribution in [3.8, 4) is 17.1 Å². The lowest BCUT2D eigenvalue weighted by Crippen LogP contribution is -2.28. The molecule has 0 spiro atoms. The Kier molecular flexibility index (Phi) is 5.95. The molecule has 0 aliphatic heterocycles. The van der Waals surface area contributed by atoms with Crippen molar-refractivity contribution in [3.63, 3.8) is 0 Å². The molecule has 1 aromatic heterocycles. The Bertz CT molecular complexity index is 880. The predicted molar refractivity (Wildman–Crippen MR) is 105 cm³/mol. The number of ether oxygens (including phenoxy) is 1. The van der Waals surface area contributed by atoms with Crippen molar-refractivity contribution < 1.29 is 9.26 Å². The van der Waals surface area contributed by atoms with Gasteiger partial charge in [0, 0.05) is 17.3 Å². The number of benzene rings is 2. The van der Waals surface area contributed by atoms with Gasteiger partial charge < -0.3 is 19.9 Å². The lowest BCUT2D eigenvalue weighted by molar-refractivity contribution is 0.363. The Morgan fingerprint density at radius 2 is 2.04 bits per heavy atom. The van der Waals surface area contributed by atoms with E-state index in [1.807, 2.05) is 54.6 Å². The molecule has 1 heterocycles. The quantitative estimate of drug-likeness (QED) is 0.487. The monoisotopic (exact) mass is 366 g/mol. The van der Waals surface area contributed by atoms with E-state index in [-0.39, 0.29) is 0 Å². The van der Waals surface area contributed by atoms with E-state index in [2.05, 4.69) is 27.4 Å². The van der Waals surface area contributed by atoms with Crippen molar-refractivity contribution in [2.45, 2.75) is 6.54 Å². The van der Waals surface area contributed by atoms with Crippen LogP contribution in [0.4, 0.5) is 5.69 Å². The van der Waals surface area contributed by atoms with Crippen molar-refractivity contribution in [2.24, 2.45) is 0 Å². The van der Waals surface area contributed by atoms with Crippen LogP contribution in [0.1, 0.15) is 5.89 Å². The molecule has 0 unspecified atom stereocenters. The zero-order valence-electron chi connectivity index (χ0n) is 14.0. The molecule has 0 aliphatic rings. The van der Waals surface area contributed by atoms with E-state index in [0.29, 0.717) is 30.0 Å². The highest BCUT2D eigenvalue weighted by Crippen LogP contribution is 2.17. The van der Waals surface area contributed by atoms with E-state index in [4.69, 9.17) is 21.5 Å². The number of anilines is 1. The molecule has 3 rings (SSSR count). The fraction of sp³-hybridized carbons (Fsp3) is 0.105. The van der Waals surface area contributed by atoms with Crippen LogP contribution in [-0.4, -0.2) is 21.9 Å². The van der Waals surface area contributed by atoms with Crippen LogP contribution in [0.5, 0.6) is 5.75 Å². The van der Waals surface area contributed by atoms with Crippen molar-refractivity contribution >= 4 is 23.0 Å². The molecular weight excluding hydrogens is 348 g/mol. The summed E-state index contributed by atoms with van der Waals surface area (Å²) in [6, 6.07) is 17.2. The molecule has 0 atom stereocenters. The zero-order chi connectivity index (χ0) is 18.2. The standard InChI is InChI=1S/C19H18N4O2S/c1-2-11-24-16-10-6-9-15(12-16)21-19(26)20-13-17-22-18(23-25-17)14-7-4-3-5-8-14/h2-10,12H,1,11,13H2,(H2,20,21,26). The van der Waals surface area contributed by atoms with Gasteiger partial charge in [0.15, 0.2) is 5.11 Å². The van der Waals surface area contributed by atoms with Crippen LogP contribution in [0.25, 0.3) is 11.4 Å². The van der Waals surface area contributed by atoms with E-state index < -0.39 is 0 Å². The van der Waals surface area contributed by atoms with Crippen molar-refractivity contribution in [3.05, 3.63) is 73.1 Å². The number of nitrogens with zero attached hydrogens (tertiary/aromatic N) is 2. The molecule has 0 saturated heterocycles. The Morgan fingerprint density at radius 3 is 2.85 bits per heavy atom. The maximum absolute atomic E-state index is 5.50. The number of aromatic nitrogens is 2. The highest BCUT2D eigenvalue weighted by atomic mass is 32.1. The van der Waals surface area contributed by atoms with Gasteiger partial charge in [0.2, 0.25) is 11.7 Å². The van der Waals surface area contributed by atoms with Crippen molar-refractivity contribution in [1.29, 1.82) is 0 Å². The predicted octanol–water partition coefficient (Wildman–Crippen LogP) is 3.79. The van der Waals surface area contributed by atoms with Gasteiger partial charge >= 0.3 is 0 Å². The summed E-state index contributed by atoms with van der Waals surface area (Å²) >= 11 is 5.30. The molecular formula is C19H18N4O2S. The van der Waals surface area contributed by atoms with E-state index in [9.17, 15) is 0 Å². The van der Waals surface area contributed by atoms with Crippen LogP contribution in [-0.2, 0) is 6.54 Å². The minimum atomic E-state index is 0.332. The summed E-state index contributed by atoms with van der Waals surface area (Å²) in [6.45, 7) is 4.41. The lowest BCUT2D eigenvalue weighted by atomic mass is 10.2. The Balaban J connectivity index is 1.53. The normalized spacial score (nSPS) is 10.2. The van der Waals surface area contributed by atoms with Crippen LogP contribution in [0.15, 0.2) is 71.8 Å². The van der Waals surface area contributed by atoms with Crippen LogP contribution >= 0.6 is 12.2 Å². The third-order valence-corrected chi connectivity index (χ3v) is 3.61. The minimum absolute atomic E-state index is 0.332.